The molecule has 0 aliphatic carbocycles. The summed E-state index contributed by atoms with van der Waals surface area (Å²) in [6.07, 6.45) is 1.35. The highest BCUT2D eigenvalue weighted by Gasteiger charge is 2.40. The highest BCUT2D eigenvalue weighted by molar-refractivity contribution is 7.99. The molecule has 36 heavy (non-hydrogen) atoms. The van der Waals surface area contributed by atoms with Crippen LogP contribution in [-0.4, -0.2) is 62.8 Å². The number of hydroxylamine groups is 2. The fraction of sp³-hybridized carbons (Fsp3) is 0.370. The molecule has 2 unspecified atom stereocenters. The Morgan fingerprint density at radius 1 is 1.06 bits per heavy atom. The van der Waals surface area contributed by atoms with Crippen molar-refractivity contribution in [3.63, 3.8) is 0 Å². The van der Waals surface area contributed by atoms with Crippen molar-refractivity contribution in [2.24, 2.45) is 0 Å². The maximum atomic E-state index is 13.8. The van der Waals surface area contributed by atoms with Crippen LogP contribution in [0.2, 0.25) is 0 Å². The number of hydrogen-bond donors (Lipinski definition) is 0. The number of thioether (sulfide) groups is 1. The zero-order chi connectivity index (χ0) is 25.7. The minimum atomic E-state index is -3.73. The Balaban J connectivity index is 1.53. The van der Waals surface area contributed by atoms with Gasteiger partial charge in [0.25, 0.3) is 0 Å². The van der Waals surface area contributed by atoms with E-state index in [0.717, 1.165) is 27.8 Å². The van der Waals surface area contributed by atoms with Crippen LogP contribution in [0.15, 0.2) is 71.6 Å². The summed E-state index contributed by atoms with van der Waals surface area (Å²) in [7, 11) is 0.914. The van der Waals surface area contributed by atoms with Gasteiger partial charge in [-0.3, -0.25) is 9.63 Å². The lowest BCUT2D eigenvalue weighted by Crippen LogP contribution is -2.37. The molecule has 1 heterocycles. The van der Waals surface area contributed by atoms with Crippen molar-refractivity contribution in [2.45, 2.75) is 41.2 Å². The summed E-state index contributed by atoms with van der Waals surface area (Å²) in [4.78, 5) is 17.6. The molecule has 1 fully saturated rings. The van der Waals surface area contributed by atoms with E-state index >= 15 is 0 Å². The minimum absolute atomic E-state index is 0.127. The molecule has 0 radical (unpaired) electrons. The number of nitrogens with zero attached hydrogens (tertiary/aromatic N) is 2. The molecule has 0 spiro atoms. The lowest BCUT2D eigenvalue weighted by molar-refractivity contribution is -0.168. The van der Waals surface area contributed by atoms with E-state index in [1.807, 2.05) is 54.6 Å². The summed E-state index contributed by atoms with van der Waals surface area (Å²) in [5.74, 6) is 1.41. The van der Waals surface area contributed by atoms with Crippen LogP contribution < -0.4 is 4.74 Å². The van der Waals surface area contributed by atoms with Gasteiger partial charge in [0.15, 0.2) is 0 Å². The Morgan fingerprint density at radius 3 is 2.47 bits per heavy atom. The van der Waals surface area contributed by atoms with Gasteiger partial charge in [-0.15, -0.1) is 0 Å². The normalized spacial score (nSPS) is 18.4. The first kappa shape index (κ1) is 26.5. The van der Waals surface area contributed by atoms with E-state index in [4.69, 9.17) is 9.57 Å². The van der Waals surface area contributed by atoms with Crippen molar-refractivity contribution in [3.05, 3.63) is 72.3 Å². The third-order valence-corrected chi connectivity index (χ3v) is 9.84. The van der Waals surface area contributed by atoms with E-state index in [9.17, 15) is 13.2 Å². The first-order valence-corrected chi connectivity index (χ1v) is 14.4. The van der Waals surface area contributed by atoms with Gasteiger partial charge in [0, 0.05) is 37.1 Å². The maximum absolute atomic E-state index is 13.8. The average Bonchev–Trinajstić information content (AvgIpc) is 3.34. The summed E-state index contributed by atoms with van der Waals surface area (Å²) in [5.41, 5.74) is 1.16. The zero-order valence-electron chi connectivity index (χ0n) is 20.8. The monoisotopic (exact) mass is 528 g/mol. The fourth-order valence-corrected chi connectivity index (χ4v) is 7.56. The van der Waals surface area contributed by atoms with E-state index < -0.39 is 10.0 Å². The van der Waals surface area contributed by atoms with Crippen molar-refractivity contribution in [2.75, 3.05) is 27.8 Å². The second-order valence-corrected chi connectivity index (χ2v) is 12.0. The molecular formula is C27H32N2O5S2. The Hall–Kier alpha value is -2.59. The van der Waals surface area contributed by atoms with Crippen LogP contribution >= 0.6 is 11.8 Å². The Morgan fingerprint density at radius 2 is 1.78 bits per heavy atom. The van der Waals surface area contributed by atoms with Gasteiger partial charge in [-0.05, 0) is 53.4 Å². The molecule has 3 aromatic rings. The number of methoxy groups -OCH3 is 1. The number of ether oxygens (including phenoxy) is 1. The second kappa shape index (κ2) is 11.6. The fourth-order valence-electron chi connectivity index (χ4n) is 4.47. The third kappa shape index (κ3) is 6.03. The predicted molar refractivity (Wildman–Crippen MR) is 143 cm³/mol. The lowest BCUT2D eigenvalue weighted by atomic mass is 10.1. The van der Waals surface area contributed by atoms with Crippen molar-refractivity contribution in [1.29, 1.82) is 0 Å². The van der Waals surface area contributed by atoms with Crippen LogP contribution in [0.1, 0.15) is 24.8 Å². The van der Waals surface area contributed by atoms with Crippen LogP contribution in [0.3, 0.4) is 0 Å². The van der Waals surface area contributed by atoms with Crippen molar-refractivity contribution < 1.29 is 22.8 Å². The number of amides is 1. The SMILES string of the molecule is COc1ccc(CSC2CC(CCC(=O)N(C)OC)N(S(=O)(=O)c3ccc4ccccc4c3)C2)cc1. The highest BCUT2D eigenvalue weighted by atomic mass is 32.2. The van der Waals surface area contributed by atoms with Crippen LogP contribution in [0, 0.1) is 0 Å². The predicted octanol–water partition coefficient (Wildman–Crippen LogP) is 4.71. The van der Waals surface area contributed by atoms with Crippen molar-refractivity contribution in [3.8, 4) is 5.75 Å². The first-order chi connectivity index (χ1) is 17.3. The molecule has 192 valence electrons. The zero-order valence-corrected chi connectivity index (χ0v) is 22.4. The van der Waals surface area contributed by atoms with Crippen molar-refractivity contribution >= 4 is 38.5 Å². The molecule has 1 saturated heterocycles. The summed E-state index contributed by atoms with van der Waals surface area (Å²) >= 11 is 1.75. The molecule has 0 saturated carbocycles. The number of benzene rings is 3. The molecule has 9 heteroatoms. The standard InChI is InChI=1S/C27H32N2O5S2/c1-28(34-3)27(30)15-11-23-17-25(35-19-20-8-12-24(33-2)13-9-20)18-29(23)36(31,32)26-14-10-21-6-4-5-7-22(21)16-26/h4-10,12-14,16,23,25H,11,15,17-19H2,1-3H3. The molecule has 1 aliphatic heterocycles. The van der Waals surface area contributed by atoms with Gasteiger partial charge in [-0.2, -0.15) is 16.1 Å². The van der Waals surface area contributed by atoms with Gasteiger partial charge < -0.3 is 4.74 Å². The molecule has 0 aromatic heterocycles. The quantitative estimate of drug-likeness (QED) is 0.355. The van der Waals surface area contributed by atoms with Gasteiger partial charge in [0.05, 0.1) is 19.1 Å². The van der Waals surface area contributed by atoms with Crippen LogP contribution in [-0.2, 0) is 25.4 Å². The smallest absolute Gasteiger partial charge is 0.245 e. The first-order valence-electron chi connectivity index (χ1n) is 11.9. The van der Waals surface area contributed by atoms with E-state index in [1.54, 1.807) is 42.4 Å². The summed E-state index contributed by atoms with van der Waals surface area (Å²) < 4.78 is 34.4. The average molecular weight is 529 g/mol. The van der Waals surface area contributed by atoms with Crippen LogP contribution in [0.25, 0.3) is 10.8 Å². The molecule has 3 aromatic carbocycles. The number of rotatable bonds is 10. The van der Waals surface area contributed by atoms with Crippen LogP contribution in [0.4, 0.5) is 0 Å². The largest absolute Gasteiger partial charge is 0.497 e. The van der Waals surface area contributed by atoms with Crippen LogP contribution in [0.5, 0.6) is 5.75 Å². The van der Waals surface area contributed by atoms with Gasteiger partial charge in [-0.1, -0.05) is 42.5 Å². The van der Waals surface area contributed by atoms with Gasteiger partial charge in [-0.25, -0.2) is 13.5 Å². The topological polar surface area (TPSA) is 76.2 Å². The van der Waals surface area contributed by atoms with Gasteiger partial charge in [0.2, 0.25) is 15.9 Å². The van der Waals surface area contributed by atoms with Gasteiger partial charge >= 0.3 is 0 Å². The third-order valence-electron chi connectivity index (χ3n) is 6.61. The summed E-state index contributed by atoms with van der Waals surface area (Å²) in [6.45, 7) is 0.412. The molecule has 0 N–H and O–H groups in total. The number of carbonyl (C=O) groups is 1. The Labute approximate surface area is 217 Å². The number of carbonyl (C=O) groups excluding carboxylic acids is 1. The molecule has 7 nitrogen and oxygen atoms in total. The maximum Gasteiger partial charge on any atom is 0.245 e. The van der Waals surface area contributed by atoms with Crippen molar-refractivity contribution in [1.82, 2.24) is 9.37 Å². The minimum Gasteiger partial charge on any atom is -0.497 e. The Kier molecular flexibility index (Phi) is 8.56. The molecule has 2 atom stereocenters. The van der Waals surface area contributed by atoms with Gasteiger partial charge in [0.1, 0.15) is 5.75 Å². The summed E-state index contributed by atoms with van der Waals surface area (Å²) in [5, 5.41) is 3.20. The second-order valence-electron chi connectivity index (χ2n) is 8.87. The molecule has 4 rings (SSSR count). The number of sulfonamides is 1. The van der Waals surface area contributed by atoms with E-state index in [-0.39, 0.29) is 28.5 Å². The van der Waals surface area contributed by atoms with E-state index in [2.05, 4.69) is 0 Å². The van der Waals surface area contributed by atoms with E-state index in [1.165, 1.54) is 12.2 Å². The van der Waals surface area contributed by atoms with E-state index in [0.29, 0.717) is 19.4 Å². The molecule has 1 amide bonds. The number of hydrogen-bond acceptors (Lipinski definition) is 6. The molecule has 0 bridgehead atoms. The highest BCUT2D eigenvalue weighted by Crippen LogP contribution is 2.36. The molecular weight excluding hydrogens is 496 g/mol. The number of fused-ring (bicyclic) bond motifs is 1. The lowest BCUT2D eigenvalue weighted by Gasteiger charge is -2.24. The molecule has 1 aliphatic rings. The summed E-state index contributed by atoms with van der Waals surface area (Å²) in [6, 6.07) is 20.7. The Bertz CT molecular complexity index is 1300.